The molecule has 0 aliphatic heterocycles. The molecular formula is C16H27ClN2OS. The number of carbonyl (C=O) groups is 1. The molecule has 0 radical (unpaired) electrons. The van der Waals surface area contributed by atoms with E-state index < -0.39 is 0 Å². The van der Waals surface area contributed by atoms with Gasteiger partial charge in [0.25, 0.3) is 5.91 Å². The summed E-state index contributed by atoms with van der Waals surface area (Å²) in [5.41, 5.74) is 6.57. The molecule has 0 spiro atoms. The predicted molar refractivity (Wildman–Crippen MR) is 94.5 cm³/mol. The molecule has 3 N–H and O–H groups in total. The fourth-order valence-electron chi connectivity index (χ4n) is 1.82. The second kappa shape index (κ2) is 9.34. The zero-order chi connectivity index (χ0) is 15.2. The van der Waals surface area contributed by atoms with Gasteiger partial charge in [0.15, 0.2) is 0 Å². The largest absolute Gasteiger partial charge is 0.350 e. The van der Waals surface area contributed by atoms with Gasteiger partial charge in [0, 0.05) is 27.8 Å². The van der Waals surface area contributed by atoms with Crippen molar-refractivity contribution in [3.8, 4) is 0 Å². The first-order chi connectivity index (χ1) is 9.40. The molecule has 0 fully saturated rings. The highest BCUT2D eigenvalue weighted by atomic mass is 35.5. The summed E-state index contributed by atoms with van der Waals surface area (Å²) in [4.78, 5) is 13.3. The highest BCUT2D eigenvalue weighted by Crippen LogP contribution is 2.22. The number of carbonyl (C=O) groups excluding carboxylic acids is 1. The molecule has 0 bridgehead atoms. The molecular weight excluding hydrogens is 304 g/mol. The standard InChI is InChI=1S/C16H26N2OS.ClH/c1-5-16(17,6-2)11-18-15(19)13-7-9-14(10-8-13)20-12(3)4;/h7-10,12H,5-6,11,17H2,1-4H3,(H,18,19);1H. The van der Waals surface area contributed by atoms with Crippen molar-refractivity contribution in [1.82, 2.24) is 5.32 Å². The zero-order valence-corrected chi connectivity index (χ0v) is 14.9. The first-order valence-electron chi connectivity index (χ1n) is 7.24. The molecule has 1 amide bonds. The molecule has 0 aliphatic carbocycles. The van der Waals surface area contributed by atoms with Crippen molar-refractivity contribution in [2.75, 3.05) is 6.54 Å². The third kappa shape index (κ3) is 6.72. The Morgan fingerprint density at radius 1 is 1.24 bits per heavy atom. The van der Waals surface area contributed by atoms with Crippen LogP contribution < -0.4 is 11.1 Å². The normalized spacial score (nSPS) is 11.1. The number of nitrogens with one attached hydrogen (secondary N) is 1. The van der Waals surface area contributed by atoms with Gasteiger partial charge in [0.2, 0.25) is 0 Å². The third-order valence-corrected chi connectivity index (χ3v) is 4.51. The molecule has 5 heteroatoms. The first kappa shape index (κ1) is 20.3. The third-order valence-electron chi connectivity index (χ3n) is 3.50. The van der Waals surface area contributed by atoms with Crippen molar-refractivity contribution in [3.05, 3.63) is 29.8 Å². The maximum Gasteiger partial charge on any atom is 0.251 e. The minimum atomic E-state index is -0.302. The van der Waals surface area contributed by atoms with Crippen LogP contribution in [0.3, 0.4) is 0 Å². The van der Waals surface area contributed by atoms with Crippen LogP contribution in [0.5, 0.6) is 0 Å². The van der Waals surface area contributed by atoms with E-state index >= 15 is 0 Å². The van der Waals surface area contributed by atoms with Crippen LogP contribution in [0.4, 0.5) is 0 Å². The van der Waals surface area contributed by atoms with E-state index in [1.165, 1.54) is 4.90 Å². The van der Waals surface area contributed by atoms with Gasteiger partial charge in [-0.2, -0.15) is 0 Å². The van der Waals surface area contributed by atoms with E-state index in [1.807, 2.05) is 38.1 Å². The lowest BCUT2D eigenvalue weighted by Crippen LogP contribution is -2.49. The number of rotatable bonds is 7. The van der Waals surface area contributed by atoms with Crippen LogP contribution in [-0.2, 0) is 0 Å². The van der Waals surface area contributed by atoms with E-state index in [0.717, 1.165) is 12.8 Å². The van der Waals surface area contributed by atoms with E-state index in [2.05, 4.69) is 19.2 Å². The zero-order valence-electron chi connectivity index (χ0n) is 13.3. The lowest BCUT2D eigenvalue weighted by atomic mass is 9.94. The molecule has 1 rings (SSSR count). The Bertz CT molecular complexity index is 430. The predicted octanol–water partition coefficient (Wildman–Crippen LogP) is 3.86. The highest BCUT2D eigenvalue weighted by Gasteiger charge is 2.21. The Morgan fingerprint density at radius 2 is 1.76 bits per heavy atom. The Hall–Kier alpha value is -0.710. The Labute approximate surface area is 138 Å². The van der Waals surface area contributed by atoms with E-state index in [-0.39, 0.29) is 23.9 Å². The lowest BCUT2D eigenvalue weighted by Gasteiger charge is -2.26. The summed E-state index contributed by atoms with van der Waals surface area (Å²) in [5.74, 6) is -0.0529. The maximum atomic E-state index is 12.1. The van der Waals surface area contributed by atoms with Crippen LogP contribution in [0.1, 0.15) is 50.9 Å². The number of hydrogen-bond donors (Lipinski definition) is 2. The molecule has 21 heavy (non-hydrogen) atoms. The lowest BCUT2D eigenvalue weighted by molar-refractivity contribution is 0.0942. The van der Waals surface area contributed by atoms with Crippen LogP contribution in [0.15, 0.2) is 29.2 Å². The highest BCUT2D eigenvalue weighted by molar-refractivity contribution is 7.99. The minimum absolute atomic E-state index is 0. The van der Waals surface area contributed by atoms with E-state index in [0.29, 0.717) is 17.4 Å². The average Bonchev–Trinajstić information content (AvgIpc) is 2.44. The van der Waals surface area contributed by atoms with Crippen molar-refractivity contribution < 1.29 is 4.79 Å². The number of benzene rings is 1. The number of thioether (sulfide) groups is 1. The van der Waals surface area contributed by atoms with Crippen molar-refractivity contribution in [2.45, 2.75) is 56.2 Å². The van der Waals surface area contributed by atoms with E-state index in [9.17, 15) is 4.79 Å². The summed E-state index contributed by atoms with van der Waals surface area (Å²) in [6.45, 7) is 8.92. The van der Waals surface area contributed by atoms with Crippen LogP contribution in [0.2, 0.25) is 0 Å². The molecule has 1 aromatic carbocycles. The Kier molecular flexibility index (Phi) is 9.02. The maximum absolute atomic E-state index is 12.1. The van der Waals surface area contributed by atoms with Crippen LogP contribution in [0, 0.1) is 0 Å². The van der Waals surface area contributed by atoms with Gasteiger partial charge < -0.3 is 11.1 Å². The second-order valence-electron chi connectivity index (χ2n) is 5.44. The van der Waals surface area contributed by atoms with Crippen LogP contribution in [-0.4, -0.2) is 23.2 Å². The fraction of sp³-hybridized carbons (Fsp3) is 0.562. The second-order valence-corrected chi connectivity index (χ2v) is 7.09. The van der Waals surface area contributed by atoms with Gasteiger partial charge in [0.05, 0.1) is 0 Å². The van der Waals surface area contributed by atoms with Crippen molar-refractivity contribution in [2.24, 2.45) is 5.73 Å². The van der Waals surface area contributed by atoms with Gasteiger partial charge in [0.1, 0.15) is 0 Å². The van der Waals surface area contributed by atoms with Gasteiger partial charge >= 0.3 is 0 Å². The van der Waals surface area contributed by atoms with Crippen molar-refractivity contribution in [3.63, 3.8) is 0 Å². The minimum Gasteiger partial charge on any atom is -0.350 e. The summed E-state index contributed by atoms with van der Waals surface area (Å²) in [7, 11) is 0. The molecule has 0 saturated carbocycles. The van der Waals surface area contributed by atoms with Gasteiger partial charge in [-0.15, -0.1) is 24.2 Å². The van der Waals surface area contributed by atoms with Crippen LogP contribution >= 0.6 is 24.2 Å². The van der Waals surface area contributed by atoms with Gasteiger partial charge in [-0.05, 0) is 37.1 Å². The molecule has 0 aliphatic rings. The molecule has 1 aromatic rings. The molecule has 3 nitrogen and oxygen atoms in total. The van der Waals surface area contributed by atoms with E-state index in [4.69, 9.17) is 5.73 Å². The number of amides is 1. The van der Waals surface area contributed by atoms with E-state index in [1.54, 1.807) is 11.8 Å². The summed E-state index contributed by atoms with van der Waals surface area (Å²) in [5, 5.41) is 3.47. The topological polar surface area (TPSA) is 55.1 Å². The summed E-state index contributed by atoms with van der Waals surface area (Å²) in [6, 6.07) is 7.73. The number of nitrogens with two attached hydrogens (primary N) is 1. The quantitative estimate of drug-likeness (QED) is 0.746. The molecule has 0 heterocycles. The summed E-state index contributed by atoms with van der Waals surface area (Å²) in [6.07, 6.45) is 1.71. The smallest absolute Gasteiger partial charge is 0.251 e. The Morgan fingerprint density at radius 3 is 2.19 bits per heavy atom. The van der Waals surface area contributed by atoms with Crippen molar-refractivity contribution >= 4 is 30.1 Å². The molecule has 0 unspecified atom stereocenters. The Balaban J connectivity index is 0.00000400. The van der Waals surface area contributed by atoms with Gasteiger partial charge in [-0.3, -0.25) is 4.79 Å². The van der Waals surface area contributed by atoms with Crippen molar-refractivity contribution in [1.29, 1.82) is 0 Å². The number of hydrogen-bond acceptors (Lipinski definition) is 3. The average molecular weight is 331 g/mol. The molecule has 0 saturated heterocycles. The summed E-state index contributed by atoms with van der Waals surface area (Å²) < 4.78 is 0. The molecule has 0 aromatic heterocycles. The monoisotopic (exact) mass is 330 g/mol. The van der Waals surface area contributed by atoms with Gasteiger partial charge in [-0.1, -0.05) is 27.7 Å². The van der Waals surface area contributed by atoms with Gasteiger partial charge in [-0.25, -0.2) is 0 Å². The molecule has 0 atom stereocenters. The van der Waals surface area contributed by atoms with Crippen LogP contribution in [0.25, 0.3) is 0 Å². The molecule has 120 valence electrons. The fourth-order valence-corrected chi connectivity index (χ4v) is 2.65. The summed E-state index contributed by atoms with van der Waals surface area (Å²) >= 11 is 1.79. The first-order valence-corrected chi connectivity index (χ1v) is 8.12. The number of halogens is 1. The SMILES string of the molecule is CCC(N)(CC)CNC(=O)c1ccc(SC(C)C)cc1.Cl.